The van der Waals surface area contributed by atoms with E-state index in [1.807, 2.05) is 38.1 Å². The zero-order valence-electron chi connectivity index (χ0n) is 12.2. The third kappa shape index (κ3) is 2.63. The number of carbonyl (C=O) groups is 1. The van der Waals surface area contributed by atoms with E-state index in [9.17, 15) is 4.79 Å². The Morgan fingerprint density at radius 2 is 2.00 bits per heavy atom. The maximum atomic E-state index is 12.1. The van der Waals surface area contributed by atoms with Gasteiger partial charge in [0.1, 0.15) is 0 Å². The van der Waals surface area contributed by atoms with E-state index >= 15 is 0 Å². The van der Waals surface area contributed by atoms with Crippen molar-refractivity contribution in [3.05, 3.63) is 53.1 Å². The highest BCUT2D eigenvalue weighted by Gasteiger charge is 2.22. The van der Waals surface area contributed by atoms with Crippen LogP contribution < -0.4 is 0 Å². The molecule has 0 amide bonds. The number of pyridine rings is 1. The van der Waals surface area contributed by atoms with Gasteiger partial charge in [-0.2, -0.15) is 0 Å². The van der Waals surface area contributed by atoms with E-state index in [-0.39, 0.29) is 11.8 Å². The molecule has 106 valence electrons. The summed E-state index contributed by atoms with van der Waals surface area (Å²) in [6, 6.07) is 7.87. The van der Waals surface area contributed by atoms with Crippen LogP contribution in [-0.4, -0.2) is 20.7 Å². The van der Waals surface area contributed by atoms with Gasteiger partial charge in [0.05, 0.1) is 17.1 Å². The fraction of sp³-hybridized carbons (Fsp3) is 0.375. The molecule has 2 atom stereocenters. The van der Waals surface area contributed by atoms with E-state index in [0.717, 1.165) is 17.1 Å². The van der Waals surface area contributed by atoms with Crippen LogP contribution in [0.4, 0.5) is 0 Å². The Balaban J connectivity index is 2.46. The van der Waals surface area contributed by atoms with Gasteiger partial charge in [-0.1, -0.05) is 6.07 Å². The van der Waals surface area contributed by atoms with Crippen LogP contribution in [0.15, 0.2) is 30.5 Å². The zero-order chi connectivity index (χ0) is 14.9. The van der Waals surface area contributed by atoms with E-state index in [0.29, 0.717) is 5.56 Å². The average molecular weight is 291 g/mol. The topological polar surface area (TPSA) is 34.9 Å². The van der Waals surface area contributed by atoms with Crippen LogP contribution in [0.1, 0.15) is 47.3 Å². The van der Waals surface area contributed by atoms with Crippen LogP contribution >= 0.6 is 11.6 Å². The Hall–Kier alpha value is -1.61. The largest absolute Gasteiger partial charge is 0.340 e. The van der Waals surface area contributed by atoms with Gasteiger partial charge < -0.3 is 4.57 Å². The molecule has 0 saturated heterocycles. The van der Waals surface area contributed by atoms with Crippen molar-refractivity contribution in [2.24, 2.45) is 0 Å². The molecule has 0 aromatic carbocycles. The van der Waals surface area contributed by atoms with Gasteiger partial charge in [0.2, 0.25) is 0 Å². The van der Waals surface area contributed by atoms with E-state index in [1.54, 1.807) is 13.1 Å². The SMILES string of the molecule is Cc1cc(C(=O)C(C)Cl)c(C)n1C(C)c1ccccn1. The highest BCUT2D eigenvalue weighted by Crippen LogP contribution is 2.25. The van der Waals surface area contributed by atoms with E-state index in [4.69, 9.17) is 11.6 Å². The van der Waals surface area contributed by atoms with Crippen molar-refractivity contribution in [3.8, 4) is 0 Å². The number of hydrogen-bond acceptors (Lipinski definition) is 2. The normalized spacial score (nSPS) is 14.1. The van der Waals surface area contributed by atoms with Gasteiger partial charge >= 0.3 is 0 Å². The van der Waals surface area contributed by atoms with Crippen LogP contribution in [0, 0.1) is 13.8 Å². The fourth-order valence-electron chi connectivity index (χ4n) is 2.59. The molecule has 20 heavy (non-hydrogen) atoms. The molecule has 3 nitrogen and oxygen atoms in total. The lowest BCUT2D eigenvalue weighted by atomic mass is 10.1. The van der Waals surface area contributed by atoms with Crippen molar-refractivity contribution in [3.63, 3.8) is 0 Å². The molecule has 2 aromatic rings. The van der Waals surface area contributed by atoms with E-state index in [1.165, 1.54) is 0 Å². The van der Waals surface area contributed by atoms with Crippen LogP contribution in [0.5, 0.6) is 0 Å². The number of alkyl halides is 1. The van der Waals surface area contributed by atoms with Crippen LogP contribution in [0.25, 0.3) is 0 Å². The first kappa shape index (κ1) is 14.8. The number of nitrogens with zero attached hydrogens (tertiary/aromatic N) is 2. The predicted octanol–water partition coefficient (Wildman–Crippen LogP) is 3.92. The lowest BCUT2D eigenvalue weighted by molar-refractivity contribution is 0.0991. The molecule has 0 fully saturated rings. The molecule has 4 heteroatoms. The fourth-order valence-corrected chi connectivity index (χ4v) is 2.71. The lowest BCUT2D eigenvalue weighted by Gasteiger charge is -2.18. The molecule has 0 radical (unpaired) electrons. The number of hydrogen-bond donors (Lipinski definition) is 0. The number of ketones is 1. The summed E-state index contributed by atoms with van der Waals surface area (Å²) in [5, 5.41) is -0.505. The number of carbonyl (C=O) groups excluding carboxylic acids is 1. The van der Waals surface area contributed by atoms with Crippen LogP contribution in [0.2, 0.25) is 0 Å². The second-order valence-corrected chi connectivity index (χ2v) is 5.72. The van der Waals surface area contributed by atoms with Crippen LogP contribution in [0.3, 0.4) is 0 Å². The second-order valence-electron chi connectivity index (χ2n) is 5.07. The van der Waals surface area contributed by atoms with Crippen molar-refractivity contribution in [1.82, 2.24) is 9.55 Å². The maximum Gasteiger partial charge on any atom is 0.182 e. The summed E-state index contributed by atoms with van der Waals surface area (Å²) >= 11 is 5.92. The molecular formula is C16H19ClN2O. The van der Waals surface area contributed by atoms with Crippen molar-refractivity contribution in [2.75, 3.05) is 0 Å². The first-order valence-electron chi connectivity index (χ1n) is 6.71. The van der Waals surface area contributed by atoms with Gasteiger partial charge in [-0.15, -0.1) is 11.6 Å². The van der Waals surface area contributed by atoms with Crippen molar-refractivity contribution < 1.29 is 4.79 Å². The second kappa shape index (κ2) is 5.80. The summed E-state index contributed by atoms with van der Waals surface area (Å²) in [4.78, 5) is 16.5. The summed E-state index contributed by atoms with van der Waals surface area (Å²) < 4.78 is 2.13. The Morgan fingerprint density at radius 3 is 2.55 bits per heavy atom. The minimum Gasteiger partial charge on any atom is -0.340 e. The van der Waals surface area contributed by atoms with E-state index < -0.39 is 5.38 Å². The average Bonchev–Trinajstić information content (AvgIpc) is 2.73. The Morgan fingerprint density at radius 1 is 1.30 bits per heavy atom. The molecule has 2 heterocycles. The van der Waals surface area contributed by atoms with Gasteiger partial charge in [-0.3, -0.25) is 9.78 Å². The van der Waals surface area contributed by atoms with Gasteiger partial charge in [0.25, 0.3) is 0 Å². The standard InChI is InChI=1S/C16H19ClN2O/c1-10-9-14(16(20)11(2)17)12(3)19(10)13(4)15-7-5-6-8-18-15/h5-9,11,13H,1-4H3. The minimum absolute atomic E-state index is 0.0285. The molecule has 0 N–H and O–H groups in total. The molecule has 2 aromatic heterocycles. The molecule has 0 aliphatic rings. The summed E-state index contributed by atoms with van der Waals surface area (Å²) in [6.07, 6.45) is 1.78. The summed E-state index contributed by atoms with van der Waals surface area (Å²) in [7, 11) is 0. The summed E-state index contributed by atoms with van der Waals surface area (Å²) in [5.41, 5.74) is 3.67. The molecular weight excluding hydrogens is 272 g/mol. The Labute approximate surface area is 124 Å². The Kier molecular flexibility index (Phi) is 4.29. The van der Waals surface area contributed by atoms with Gasteiger partial charge in [-0.05, 0) is 45.9 Å². The first-order chi connectivity index (χ1) is 9.43. The quantitative estimate of drug-likeness (QED) is 0.632. The highest BCUT2D eigenvalue weighted by molar-refractivity contribution is 6.33. The van der Waals surface area contributed by atoms with Crippen molar-refractivity contribution in [1.29, 1.82) is 0 Å². The van der Waals surface area contributed by atoms with Crippen molar-refractivity contribution >= 4 is 17.4 Å². The molecule has 2 unspecified atom stereocenters. The maximum absolute atomic E-state index is 12.1. The molecule has 0 saturated carbocycles. The number of Topliss-reactive ketones (excluding diaryl/α,β-unsaturated/α-hetero) is 1. The van der Waals surface area contributed by atoms with Gasteiger partial charge in [-0.25, -0.2) is 0 Å². The monoisotopic (exact) mass is 290 g/mol. The summed E-state index contributed by atoms with van der Waals surface area (Å²) in [5.74, 6) is -0.0285. The van der Waals surface area contributed by atoms with Crippen LogP contribution in [-0.2, 0) is 0 Å². The molecule has 2 rings (SSSR count). The minimum atomic E-state index is -0.505. The third-order valence-corrected chi connectivity index (χ3v) is 3.81. The van der Waals surface area contributed by atoms with Gasteiger partial charge in [0, 0.05) is 23.1 Å². The first-order valence-corrected chi connectivity index (χ1v) is 7.14. The number of halogens is 1. The number of rotatable bonds is 4. The molecule has 0 aliphatic heterocycles. The summed E-state index contributed by atoms with van der Waals surface area (Å²) in [6.45, 7) is 7.75. The lowest BCUT2D eigenvalue weighted by Crippen LogP contribution is -2.14. The van der Waals surface area contributed by atoms with Crippen molar-refractivity contribution in [2.45, 2.75) is 39.1 Å². The number of aryl methyl sites for hydroxylation is 1. The smallest absolute Gasteiger partial charge is 0.182 e. The zero-order valence-corrected chi connectivity index (χ0v) is 13.0. The highest BCUT2D eigenvalue weighted by atomic mass is 35.5. The molecule has 0 aliphatic carbocycles. The Bertz CT molecular complexity index is 617. The predicted molar refractivity (Wildman–Crippen MR) is 81.6 cm³/mol. The number of aromatic nitrogens is 2. The third-order valence-electron chi connectivity index (χ3n) is 3.61. The molecule has 0 bridgehead atoms. The van der Waals surface area contributed by atoms with Gasteiger partial charge in [0.15, 0.2) is 5.78 Å². The molecule has 0 spiro atoms. The van der Waals surface area contributed by atoms with E-state index in [2.05, 4.69) is 16.5 Å².